The minimum atomic E-state index is 0.0803. The molecule has 20 heavy (non-hydrogen) atoms. The summed E-state index contributed by atoms with van der Waals surface area (Å²) in [6.07, 6.45) is 0. The van der Waals surface area contributed by atoms with E-state index in [4.69, 9.17) is 0 Å². The van der Waals surface area contributed by atoms with Gasteiger partial charge in [-0.2, -0.15) is 10.4 Å². The number of aromatic nitrogens is 2. The third-order valence-electron chi connectivity index (χ3n) is 3.51. The van der Waals surface area contributed by atoms with Gasteiger partial charge in [0.05, 0.1) is 12.2 Å². The fourth-order valence-electron chi connectivity index (χ4n) is 2.51. The molecule has 7 nitrogen and oxygen atoms in total. The van der Waals surface area contributed by atoms with Crippen LogP contribution in [0.25, 0.3) is 0 Å². The molecule has 1 N–H and O–H groups in total. The van der Waals surface area contributed by atoms with Crippen molar-refractivity contribution in [3.63, 3.8) is 0 Å². The van der Waals surface area contributed by atoms with Crippen LogP contribution in [0.5, 0.6) is 0 Å². The Morgan fingerprint density at radius 3 is 2.75 bits per heavy atom. The number of hydrogen-bond donors (Lipinski definition) is 1. The molecule has 2 rings (SSSR count). The number of anilines is 1. The van der Waals surface area contributed by atoms with Crippen LogP contribution < -0.4 is 10.2 Å². The lowest BCUT2D eigenvalue weighted by molar-refractivity contribution is -0.130. The number of likely N-dealkylation sites (N-methyl/N-ethyl adjacent to an activating group) is 1. The molecule has 2 heterocycles. The van der Waals surface area contributed by atoms with Gasteiger partial charge in [0.2, 0.25) is 5.91 Å². The molecule has 1 aromatic rings. The first-order valence-electron chi connectivity index (χ1n) is 6.68. The highest BCUT2D eigenvalue weighted by molar-refractivity contribution is 5.81. The Morgan fingerprint density at radius 2 is 2.15 bits per heavy atom. The minimum Gasteiger partial charge on any atom is -0.349 e. The largest absolute Gasteiger partial charge is 0.349 e. The number of amides is 1. The zero-order chi connectivity index (χ0) is 14.7. The molecule has 0 bridgehead atoms. The molecule has 1 aliphatic heterocycles. The Morgan fingerprint density at radius 1 is 1.50 bits per heavy atom. The van der Waals surface area contributed by atoms with E-state index in [1.807, 2.05) is 11.9 Å². The van der Waals surface area contributed by atoms with Gasteiger partial charge in [-0.1, -0.05) is 0 Å². The maximum atomic E-state index is 12.2. The lowest BCUT2D eigenvalue weighted by Gasteiger charge is -2.29. The Kier molecular flexibility index (Phi) is 4.25. The first kappa shape index (κ1) is 14.3. The fraction of sp³-hybridized carbons (Fsp3) is 0.615. The molecule has 0 aliphatic carbocycles. The molecule has 7 heteroatoms. The summed E-state index contributed by atoms with van der Waals surface area (Å²) in [6.45, 7) is 5.21. The van der Waals surface area contributed by atoms with E-state index in [1.54, 1.807) is 23.6 Å². The van der Waals surface area contributed by atoms with Gasteiger partial charge >= 0.3 is 0 Å². The number of piperazine rings is 1. The summed E-state index contributed by atoms with van der Waals surface area (Å²) in [5.41, 5.74) is 1.22. The van der Waals surface area contributed by atoms with Crippen LogP contribution in [-0.2, 0) is 11.8 Å². The van der Waals surface area contributed by atoms with Crippen molar-refractivity contribution in [3.8, 4) is 6.07 Å². The molecule has 0 spiro atoms. The summed E-state index contributed by atoms with van der Waals surface area (Å²) < 4.78 is 1.65. The quantitative estimate of drug-likeness (QED) is 0.803. The van der Waals surface area contributed by atoms with Gasteiger partial charge in [-0.15, -0.1) is 0 Å². The maximum absolute atomic E-state index is 12.2. The van der Waals surface area contributed by atoms with Gasteiger partial charge in [-0.25, -0.2) is 0 Å². The molecule has 1 fully saturated rings. The normalized spacial score (nSPS) is 15.0. The number of rotatable bonds is 3. The first-order valence-corrected chi connectivity index (χ1v) is 6.68. The molecular weight excluding hydrogens is 256 g/mol. The smallest absolute Gasteiger partial charge is 0.242 e. The van der Waals surface area contributed by atoms with Crippen LogP contribution >= 0.6 is 0 Å². The van der Waals surface area contributed by atoms with Crippen LogP contribution in [0.15, 0.2) is 0 Å². The van der Waals surface area contributed by atoms with Crippen molar-refractivity contribution in [1.82, 2.24) is 20.0 Å². The van der Waals surface area contributed by atoms with Crippen LogP contribution in [-0.4, -0.2) is 60.4 Å². The number of nitriles is 1. The number of nitrogens with one attached hydrogen (secondary N) is 1. The molecular formula is C13H20N6O. The zero-order valence-corrected chi connectivity index (χ0v) is 12.2. The predicted molar refractivity (Wildman–Crippen MR) is 75.4 cm³/mol. The molecule has 0 atom stereocenters. The molecule has 0 saturated carbocycles. The number of nitrogens with zero attached hydrogens (tertiary/aromatic N) is 5. The van der Waals surface area contributed by atoms with Crippen LogP contribution in [0.3, 0.4) is 0 Å². The molecule has 0 aromatic carbocycles. The van der Waals surface area contributed by atoms with Crippen molar-refractivity contribution in [2.75, 3.05) is 44.7 Å². The van der Waals surface area contributed by atoms with E-state index in [9.17, 15) is 10.1 Å². The summed E-state index contributed by atoms with van der Waals surface area (Å²) in [5.74, 6) is 0.769. The number of carbonyl (C=O) groups excluding carboxylic acids is 1. The van der Waals surface area contributed by atoms with E-state index in [2.05, 4.69) is 16.5 Å². The van der Waals surface area contributed by atoms with E-state index < -0.39 is 0 Å². The van der Waals surface area contributed by atoms with Crippen LogP contribution in [0.4, 0.5) is 5.82 Å². The molecule has 108 valence electrons. The van der Waals surface area contributed by atoms with Crippen molar-refractivity contribution >= 4 is 11.7 Å². The van der Waals surface area contributed by atoms with E-state index in [1.165, 1.54) is 0 Å². The molecule has 1 aliphatic rings. The van der Waals surface area contributed by atoms with Crippen LogP contribution in [0, 0.1) is 18.3 Å². The Bertz CT molecular complexity index is 538. The van der Waals surface area contributed by atoms with E-state index >= 15 is 0 Å². The van der Waals surface area contributed by atoms with Crippen LogP contribution in [0.2, 0.25) is 0 Å². The third kappa shape index (κ3) is 2.75. The Hall–Kier alpha value is -2.07. The van der Waals surface area contributed by atoms with Crippen molar-refractivity contribution < 1.29 is 4.79 Å². The summed E-state index contributed by atoms with van der Waals surface area (Å²) in [6, 6.07) is 2.16. The average molecular weight is 276 g/mol. The van der Waals surface area contributed by atoms with Crippen molar-refractivity contribution in [1.29, 1.82) is 5.26 Å². The highest BCUT2D eigenvalue weighted by Crippen LogP contribution is 2.21. The second kappa shape index (κ2) is 5.92. The van der Waals surface area contributed by atoms with E-state index in [-0.39, 0.29) is 12.5 Å². The molecule has 0 radical (unpaired) electrons. The lowest BCUT2D eigenvalue weighted by Crippen LogP contribution is -2.49. The van der Waals surface area contributed by atoms with Gasteiger partial charge in [0.15, 0.2) is 0 Å². The molecule has 1 amide bonds. The monoisotopic (exact) mass is 276 g/mol. The average Bonchev–Trinajstić information content (AvgIpc) is 2.73. The lowest BCUT2D eigenvalue weighted by atomic mass is 10.2. The standard InChI is InChI=1S/C13H20N6O/c1-10-11(8-14)13(18(3)16-10)17(2)9-12(20)19-6-4-15-5-7-19/h15H,4-7,9H2,1-3H3. The van der Waals surface area contributed by atoms with Crippen molar-refractivity contribution in [2.24, 2.45) is 7.05 Å². The van der Waals surface area contributed by atoms with Crippen molar-refractivity contribution in [3.05, 3.63) is 11.3 Å². The van der Waals surface area contributed by atoms with E-state index in [0.717, 1.165) is 26.2 Å². The zero-order valence-electron chi connectivity index (χ0n) is 12.2. The van der Waals surface area contributed by atoms with Gasteiger partial charge in [0.25, 0.3) is 0 Å². The first-order chi connectivity index (χ1) is 9.54. The summed E-state index contributed by atoms with van der Waals surface area (Å²) >= 11 is 0. The van der Waals surface area contributed by atoms with Gasteiger partial charge in [-0.3, -0.25) is 9.48 Å². The fourth-order valence-corrected chi connectivity index (χ4v) is 2.51. The number of carbonyl (C=O) groups is 1. The summed E-state index contributed by atoms with van der Waals surface area (Å²) in [4.78, 5) is 15.9. The topological polar surface area (TPSA) is 77.2 Å². The molecule has 1 saturated heterocycles. The summed E-state index contributed by atoms with van der Waals surface area (Å²) in [7, 11) is 3.60. The van der Waals surface area contributed by atoms with E-state index in [0.29, 0.717) is 17.1 Å². The predicted octanol–water partition coefficient (Wildman–Crippen LogP) is -0.532. The van der Waals surface area contributed by atoms with Gasteiger partial charge < -0.3 is 15.1 Å². The molecule has 0 unspecified atom stereocenters. The SMILES string of the molecule is Cc1nn(C)c(N(C)CC(=O)N2CCNCC2)c1C#N. The second-order valence-electron chi connectivity index (χ2n) is 5.01. The molecule has 1 aromatic heterocycles. The number of aryl methyl sites for hydroxylation is 2. The second-order valence-corrected chi connectivity index (χ2v) is 5.01. The Balaban J connectivity index is 2.10. The highest BCUT2D eigenvalue weighted by Gasteiger charge is 2.22. The van der Waals surface area contributed by atoms with Gasteiger partial charge in [0, 0.05) is 40.3 Å². The van der Waals surface area contributed by atoms with Gasteiger partial charge in [-0.05, 0) is 6.92 Å². The van der Waals surface area contributed by atoms with Crippen LogP contribution in [0.1, 0.15) is 11.3 Å². The van der Waals surface area contributed by atoms with Crippen molar-refractivity contribution in [2.45, 2.75) is 6.92 Å². The Labute approximate surface area is 118 Å². The highest BCUT2D eigenvalue weighted by atomic mass is 16.2. The van der Waals surface area contributed by atoms with Gasteiger partial charge in [0.1, 0.15) is 17.5 Å². The minimum absolute atomic E-state index is 0.0803. The maximum Gasteiger partial charge on any atom is 0.242 e. The summed E-state index contributed by atoms with van der Waals surface area (Å²) in [5, 5.41) is 16.7. The number of hydrogen-bond acceptors (Lipinski definition) is 5. The third-order valence-corrected chi connectivity index (χ3v) is 3.51.